The fourth-order valence-corrected chi connectivity index (χ4v) is 6.45. The van der Waals surface area contributed by atoms with Gasteiger partial charge in [0.1, 0.15) is 5.60 Å². The van der Waals surface area contributed by atoms with Gasteiger partial charge in [-0.2, -0.15) is 0 Å². The molecule has 0 N–H and O–H groups in total. The van der Waals surface area contributed by atoms with E-state index in [4.69, 9.17) is 14.2 Å². The second-order valence-corrected chi connectivity index (χ2v) is 9.46. The molecule has 4 aliphatic rings. The molecule has 0 atom stereocenters. The molecule has 0 spiro atoms. The Morgan fingerprint density at radius 3 is 1.81 bits per heavy atom. The molecule has 4 saturated carbocycles. The van der Waals surface area contributed by atoms with E-state index in [9.17, 15) is 14.4 Å². The van der Waals surface area contributed by atoms with Gasteiger partial charge in [0.25, 0.3) is 0 Å². The molecular weight excluding hydrogens is 396 g/mol. The molecule has 4 fully saturated rings. The summed E-state index contributed by atoms with van der Waals surface area (Å²) in [7, 11) is 0. The standard InChI is InChI=1S/C25H32O6/c1-3-29-22(27)25(23(28)30-4-2,20-8-6-5-7-9-20)16-21(26)31-24-13-17-10-18(14-24)12-19(11-17)15-24/h5-9,17-19H,3-4,10-16H2,1-2H3. The lowest BCUT2D eigenvalue weighted by atomic mass is 9.54. The Labute approximate surface area is 183 Å². The van der Waals surface area contributed by atoms with Crippen molar-refractivity contribution in [3.05, 3.63) is 35.9 Å². The van der Waals surface area contributed by atoms with E-state index in [2.05, 4.69) is 0 Å². The van der Waals surface area contributed by atoms with Crippen LogP contribution >= 0.6 is 0 Å². The first kappa shape index (κ1) is 21.8. The number of carbonyl (C=O) groups excluding carboxylic acids is 3. The molecular formula is C25H32O6. The summed E-state index contributed by atoms with van der Waals surface area (Å²) >= 11 is 0. The largest absolute Gasteiger partial charge is 0.465 e. The lowest BCUT2D eigenvalue weighted by Crippen LogP contribution is -2.54. The van der Waals surface area contributed by atoms with Crippen LogP contribution in [0.3, 0.4) is 0 Å². The lowest BCUT2D eigenvalue weighted by molar-refractivity contribution is -0.191. The number of ether oxygens (including phenoxy) is 3. The van der Waals surface area contributed by atoms with E-state index in [1.165, 1.54) is 19.3 Å². The third-order valence-corrected chi connectivity index (χ3v) is 7.24. The van der Waals surface area contributed by atoms with Gasteiger partial charge in [-0.1, -0.05) is 30.3 Å². The third kappa shape index (κ3) is 4.09. The number of rotatable bonds is 8. The Bertz CT molecular complexity index is 776. The lowest BCUT2D eigenvalue weighted by Gasteiger charge is -2.55. The molecule has 1 aromatic carbocycles. The molecule has 6 heteroatoms. The molecule has 4 aliphatic carbocycles. The van der Waals surface area contributed by atoms with Crippen LogP contribution < -0.4 is 0 Å². The highest BCUT2D eigenvalue weighted by molar-refractivity contribution is 6.09. The van der Waals surface area contributed by atoms with Crippen molar-refractivity contribution in [2.45, 2.75) is 69.8 Å². The number of hydrogen-bond donors (Lipinski definition) is 0. The highest BCUT2D eigenvalue weighted by Gasteiger charge is 2.56. The third-order valence-electron chi connectivity index (χ3n) is 7.24. The van der Waals surface area contributed by atoms with Crippen LogP contribution in [0, 0.1) is 17.8 Å². The molecule has 4 bridgehead atoms. The maximum absolute atomic E-state index is 13.3. The highest BCUT2D eigenvalue weighted by atomic mass is 16.6. The van der Waals surface area contributed by atoms with Crippen LogP contribution in [-0.2, 0) is 34.0 Å². The summed E-state index contributed by atoms with van der Waals surface area (Å²) in [6, 6.07) is 8.57. The van der Waals surface area contributed by atoms with E-state index >= 15 is 0 Å². The Balaban J connectivity index is 1.63. The minimum absolute atomic E-state index is 0.0941. The van der Waals surface area contributed by atoms with Crippen molar-refractivity contribution in [2.75, 3.05) is 13.2 Å². The molecule has 6 nitrogen and oxygen atoms in total. The smallest absolute Gasteiger partial charge is 0.328 e. The topological polar surface area (TPSA) is 78.9 Å². The Hall–Kier alpha value is -2.37. The average molecular weight is 429 g/mol. The molecule has 0 radical (unpaired) electrons. The Morgan fingerprint density at radius 2 is 1.35 bits per heavy atom. The SMILES string of the molecule is CCOC(=O)C(CC(=O)OC12CC3CC(CC(C3)C1)C2)(C(=O)OCC)c1ccccc1. The summed E-state index contributed by atoms with van der Waals surface area (Å²) in [5.41, 5.74) is -1.93. The fraction of sp³-hybridized carbons (Fsp3) is 0.640. The molecule has 5 rings (SSSR count). The summed E-state index contributed by atoms with van der Waals surface area (Å²) in [5.74, 6) is -0.231. The van der Waals surface area contributed by atoms with E-state index in [0.717, 1.165) is 19.3 Å². The Morgan fingerprint density at radius 1 is 0.871 bits per heavy atom. The van der Waals surface area contributed by atoms with Gasteiger partial charge < -0.3 is 14.2 Å². The maximum Gasteiger partial charge on any atom is 0.328 e. The van der Waals surface area contributed by atoms with Crippen LogP contribution in [0.2, 0.25) is 0 Å². The first-order valence-electron chi connectivity index (χ1n) is 11.5. The highest BCUT2D eigenvalue weighted by Crippen LogP contribution is 2.57. The second-order valence-electron chi connectivity index (χ2n) is 9.46. The molecule has 168 valence electrons. The van der Waals surface area contributed by atoms with E-state index in [-0.39, 0.29) is 13.2 Å². The van der Waals surface area contributed by atoms with Crippen LogP contribution in [0.4, 0.5) is 0 Å². The number of hydrogen-bond acceptors (Lipinski definition) is 6. The van der Waals surface area contributed by atoms with Gasteiger partial charge in [-0.3, -0.25) is 14.4 Å². The van der Waals surface area contributed by atoms with Crippen molar-refractivity contribution in [3.8, 4) is 0 Å². The molecule has 1 aromatic rings. The van der Waals surface area contributed by atoms with E-state index in [1.54, 1.807) is 44.2 Å². The number of esters is 3. The molecule has 0 aromatic heterocycles. The quantitative estimate of drug-likeness (QED) is 0.354. The average Bonchev–Trinajstić information content (AvgIpc) is 2.71. The molecule has 0 aliphatic heterocycles. The molecule has 0 saturated heterocycles. The maximum atomic E-state index is 13.3. The summed E-state index contributed by atoms with van der Waals surface area (Å²) in [5, 5.41) is 0. The number of carbonyl (C=O) groups is 3. The molecule has 0 heterocycles. The second kappa shape index (κ2) is 8.64. The van der Waals surface area contributed by atoms with Gasteiger partial charge >= 0.3 is 17.9 Å². The zero-order chi connectivity index (χ0) is 22.1. The molecule has 0 amide bonds. The summed E-state index contributed by atoms with van der Waals surface area (Å²) in [4.78, 5) is 39.6. The van der Waals surface area contributed by atoms with Crippen LogP contribution in [0.1, 0.15) is 64.4 Å². The predicted molar refractivity (Wildman–Crippen MR) is 113 cm³/mol. The van der Waals surface area contributed by atoms with Crippen LogP contribution in [-0.4, -0.2) is 36.7 Å². The van der Waals surface area contributed by atoms with Crippen LogP contribution in [0.15, 0.2) is 30.3 Å². The van der Waals surface area contributed by atoms with Crippen molar-refractivity contribution < 1.29 is 28.6 Å². The van der Waals surface area contributed by atoms with Crippen molar-refractivity contribution in [1.29, 1.82) is 0 Å². The molecule has 0 unspecified atom stereocenters. The van der Waals surface area contributed by atoms with Gasteiger partial charge in [0.15, 0.2) is 5.41 Å². The van der Waals surface area contributed by atoms with Gasteiger partial charge in [0.2, 0.25) is 0 Å². The van der Waals surface area contributed by atoms with Gasteiger partial charge in [-0.15, -0.1) is 0 Å². The normalized spacial score (nSPS) is 28.8. The monoisotopic (exact) mass is 428 g/mol. The zero-order valence-corrected chi connectivity index (χ0v) is 18.4. The van der Waals surface area contributed by atoms with Gasteiger partial charge in [0.05, 0.1) is 19.6 Å². The Kier molecular flexibility index (Phi) is 6.09. The van der Waals surface area contributed by atoms with Crippen LogP contribution in [0.25, 0.3) is 0 Å². The van der Waals surface area contributed by atoms with Crippen molar-refractivity contribution in [2.24, 2.45) is 17.8 Å². The fourth-order valence-electron chi connectivity index (χ4n) is 6.45. The summed E-state index contributed by atoms with van der Waals surface area (Å²) in [6.45, 7) is 3.53. The van der Waals surface area contributed by atoms with E-state index in [0.29, 0.717) is 23.3 Å². The van der Waals surface area contributed by atoms with Crippen molar-refractivity contribution in [3.63, 3.8) is 0 Å². The predicted octanol–water partition coefficient (Wildman–Crippen LogP) is 3.95. The first-order valence-corrected chi connectivity index (χ1v) is 11.5. The molecule has 31 heavy (non-hydrogen) atoms. The van der Waals surface area contributed by atoms with Crippen molar-refractivity contribution in [1.82, 2.24) is 0 Å². The van der Waals surface area contributed by atoms with E-state index in [1.807, 2.05) is 0 Å². The van der Waals surface area contributed by atoms with E-state index < -0.39 is 35.3 Å². The van der Waals surface area contributed by atoms with Crippen LogP contribution in [0.5, 0.6) is 0 Å². The minimum Gasteiger partial charge on any atom is -0.465 e. The zero-order valence-electron chi connectivity index (χ0n) is 18.4. The first-order chi connectivity index (χ1) is 14.9. The van der Waals surface area contributed by atoms with Gasteiger partial charge in [0, 0.05) is 0 Å². The van der Waals surface area contributed by atoms with Gasteiger partial charge in [-0.25, -0.2) is 0 Å². The summed E-state index contributed by atoms with van der Waals surface area (Å²) < 4.78 is 16.7. The number of benzene rings is 1. The van der Waals surface area contributed by atoms with Gasteiger partial charge in [-0.05, 0) is 75.7 Å². The minimum atomic E-state index is -1.87. The summed E-state index contributed by atoms with van der Waals surface area (Å²) in [6.07, 6.45) is 5.95. The van der Waals surface area contributed by atoms with Crippen molar-refractivity contribution >= 4 is 17.9 Å².